The van der Waals surface area contributed by atoms with Gasteiger partial charge in [-0.05, 0) is 35.4 Å². The number of ether oxygens (including phenoxy) is 1. The van der Waals surface area contributed by atoms with Crippen molar-refractivity contribution in [1.29, 1.82) is 5.26 Å². The summed E-state index contributed by atoms with van der Waals surface area (Å²) in [4.78, 5) is 10.9. The van der Waals surface area contributed by atoms with Gasteiger partial charge in [-0.3, -0.25) is 0 Å². The van der Waals surface area contributed by atoms with E-state index in [1.165, 1.54) is 18.2 Å². The number of methoxy groups -OCH3 is 1. The maximum Gasteiger partial charge on any atom is 0.337 e. The van der Waals surface area contributed by atoms with E-state index in [1.54, 1.807) is 24.3 Å². The van der Waals surface area contributed by atoms with E-state index >= 15 is 0 Å². The van der Waals surface area contributed by atoms with Gasteiger partial charge in [-0.15, -0.1) is 0 Å². The normalized spacial score (nSPS) is 9.17. The van der Waals surface area contributed by atoms with Crippen LogP contribution in [-0.4, -0.2) is 13.1 Å². The van der Waals surface area contributed by atoms with Crippen molar-refractivity contribution in [3.8, 4) is 17.2 Å². The molecule has 0 aliphatic carbocycles. The highest BCUT2D eigenvalue weighted by atomic mass is 16.5. The molecule has 0 atom stereocenters. The maximum absolute atomic E-state index is 10.9. The highest BCUT2D eigenvalue weighted by molar-refractivity contribution is 5.89. The van der Waals surface area contributed by atoms with E-state index in [1.807, 2.05) is 18.2 Å². The van der Waals surface area contributed by atoms with Crippen LogP contribution in [-0.2, 0) is 4.74 Å². The fourth-order valence-electron chi connectivity index (χ4n) is 2.06. The number of hydrogen-bond acceptors (Lipinski definition) is 3. The molecule has 0 unspecified atom stereocenters. The van der Waals surface area contributed by atoms with Gasteiger partial charge in [-0.2, -0.15) is 5.26 Å². The number of esters is 1. The van der Waals surface area contributed by atoms with Gasteiger partial charge in [0.25, 0.3) is 0 Å². The Balaban J connectivity index is 0.000000174. The van der Waals surface area contributed by atoms with Crippen molar-refractivity contribution in [1.82, 2.24) is 0 Å². The number of benzene rings is 3. The summed E-state index contributed by atoms with van der Waals surface area (Å²) in [6.07, 6.45) is 0. The predicted molar refractivity (Wildman–Crippen MR) is 94.4 cm³/mol. The molecule has 0 aromatic heterocycles. The molecule has 0 aliphatic rings. The number of hydrogen-bond donors (Lipinski definition) is 0. The van der Waals surface area contributed by atoms with Crippen LogP contribution in [0.4, 0.5) is 0 Å². The number of nitriles is 1. The molecule has 24 heavy (non-hydrogen) atoms. The molecule has 3 rings (SSSR count). The second kappa shape index (κ2) is 8.92. The highest BCUT2D eigenvalue weighted by Gasteiger charge is 2.03. The molecule has 0 bridgehead atoms. The zero-order valence-corrected chi connectivity index (χ0v) is 13.3. The minimum Gasteiger partial charge on any atom is -0.465 e. The van der Waals surface area contributed by atoms with Crippen LogP contribution < -0.4 is 0 Å². The second-order valence-electron chi connectivity index (χ2n) is 4.91. The Bertz CT molecular complexity index is 766. The lowest BCUT2D eigenvalue weighted by Gasteiger charge is -1.98. The lowest BCUT2D eigenvalue weighted by atomic mass is 10.1. The molecule has 3 nitrogen and oxygen atoms in total. The molecular weight excluding hydrogens is 298 g/mol. The quantitative estimate of drug-likeness (QED) is 0.644. The zero-order valence-electron chi connectivity index (χ0n) is 13.3. The summed E-state index contributed by atoms with van der Waals surface area (Å²) in [5.41, 5.74) is 3.54. The summed E-state index contributed by atoms with van der Waals surface area (Å²) in [5.74, 6) is -0.389. The van der Waals surface area contributed by atoms with E-state index in [0.29, 0.717) is 11.1 Å². The van der Waals surface area contributed by atoms with E-state index in [4.69, 9.17) is 5.26 Å². The van der Waals surface area contributed by atoms with Crippen LogP contribution in [0.15, 0.2) is 84.9 Å². The predicted octanol–water partition coefficient (Wildman–Crippen LogP) is 4.70. The van der Waals surface area contributed by atoms with Gasteiger partial charge in [0.05, 0.1) is 24.3 Å². The Hall–Kier alpha value is -3.38. The summed E-state index contributed by atoms with van der Waals surface area (Å²) in [5, 5.41) is 8.46. The standard InChI is InChI=1S/C12H10.C9H7NO2/c1-3-7-11(8-4-1)12-9-5-2-6-10-12;1-12-9(11)8-4-2-7(6-10)3-5-8/h1-10H;2-5H,1H3. The Morgan fingerprint density at radius 1 is 0.792 bits per heavy atom. The topological polar surface area (TPSA) is 50.1 Å². The average Bonchev–Trinajstić information content (AvgIpc) is 2.69. The number of nitrogens with zero attached hydrogens (tertiary/aromatic N) is 1. The third-order valence-electron chi connectivity index (χ3n) is 3.32. The molecule has 0 N–H and O–H groups in total. The van der Waals surface area contributed by atoms with E-state index in [-0.39, 0.29) is 5.97 Å². The van der Waals surface area contributed by atoms with Gasteiger partial charge < -0.3 is 4.74 Å². The lowest BCUT2D eigenvalue weighted by molar-refractivity contribution is 0.0600. The zero-order chi connectivity index (χ0) is 17.2. The molecule has 0 amide bonds. The van der Waals surface area contributed by atoms with Crippen LogP contribution >= 0.6 is 0 Å². The summed E-state index contributed by atoms with van der Waals surface area (Å²) >= 11 is 0. The van der Waals surface area contributed by atoms with Crippen LogP contribution in [0.2, 0.25) is 0 Å². The third-order valence-corrected chi connectivity index (χ3v) is 3.32. The summed E-state index contributed by atoms with van der Waals surface area (Å²) in [6.45, 7) is 0. The van der Waals surface area contributed by atoms with Gasteiger partial charge in [-0.25, -0.2) is 4.79 Å². The van der Waals surface area contributed by atoms with Crippen LogP contribution in [0.5, 0.6) is 0 Å². The molecule has 0 heterocycles. The first-order chi connectivity index (χ1) is 11.7. The van der Waals surface area contributed by atoms with Crippen LogP contribution in [0.1, 0.15) is 15.9 Å². The second-order valence-corrected chi connectivity index (χ2v) is 4.91. The Kier molecular flexibility index (Phi) is 6.31. The smallest absolute Gasteiger partial charge is 0.337 e. The number of rotatable bonds is 2. The van der Waals surface area contributed by atoms with Gasteiger partial charge in [0.2, 0.25) is 0 Å². The van der Waals surface area contributed by atoms with Crippen LogP contribution in [0.25, 0.3) is 11.1 Å². The maximum atomic E-state index is 10.9. The van der Waals surface area contributed by atoms with Crippen molar-refractivity contribution < 1.29 is 9.53 Å². The fraction of sp³-hybridized carbons (Fsp3) is 0.0476. The van der Waals surface area contributed by atoms with Crippen molar-refractivity contribution in [3.63, 3.8) is 0 Å². The fourth-order valence-corrected chi connectivity index (χ4v) is 2.06. The van der Waals surface area contributed by atoms with Gasteiger partial charge in [0.15, 0.2) is 0 Å². The van der Waals surface area contributed by atoms with Crippen LogP contribution in [0.3, 0.4) is 0 Å². The SMILES string of the molecule is COC(=O)c1ccc(C#N)cc1.c1ccc(-c2ccccc2)cc1. The molecule has 0 spiro atoms. The molecule has 3 aromatic carbocycles. The molecule has 118 valence electrons. The lowest BCUT2D eigenvalue weighted by Crippen LogP contribution is -2.00. The van der Waals surface area contributed by atoms with Crippen LogP contribution in [0, 0.1) is 11.3 Å². The number of carbonyl (C=O) groups excluding carboxylic acids is 1. The summed E-state index contributed by atoms with van der Waals surface area (Å²) < 4.78 is 4.49. The monoisotopic (exact) mass is 315 g/mol. The van der Waals surface area contributed by atoms with Crippen molar-refractivity contribution >= 4 is 5.97 Å². The molecule has 0 saturated carbocycles. The Labute approximate surface area is 141 Å². The summed E-state index contributed by atoms with van der Waals surface area (Å²) in [7, 11) is 1.32. The first-order valence-corrected chi connectivity index (χ1v) is 7.43. The highest BCUT2D eigenvalue weighted by Crippen LogP contribution is 2.17. The number of carbonyl (C=O) groups is 1. The first kappa shape index (κ1) is 17.0. The van der Waals surface area contributed by atoms with Crippen molar-refractivity contribution in [2.75, 3.05) is 7.11 Å². The minimum atomic E-state index is -0.389. The average molecular weight is 315 g/mol. The van der Waals surface area contributed by atoms with Crippen molar-refractivity contribution in [2.45, 2.75) is 0 Å². The molecule has 0 fully saturated rings. The Morgan fingerprint density at radius 2 is 1.25 bits per heavy atom. The van der Waals surface area contributed by atoms with E-state index in [9.17, 15) is 4.79 Å². The third kappa shape index (κ3) is 4.82. The Morgan fingerprint density at radius 3 is 1.62 bits per heavy atom. The van der Waals surface area contributed by atoms with Gasteiger partial charge in [0.1, 0.15) is 0 Å². The molecule has 3 heteroatoms. The molecule has 0 saturated heterocycles. The molecular formula is C21H17NO2. The molecule has 0 aliphatic heterocycles. The van der Waals surface area contributed by atoms with E-state index in [0.717, 1.165) is 0 Å². The first-order valence-electron chi connectivity index (χ1n) is 7.43. The van der Waals surface area contributed by atoms with E-state index in [2.05, 4.69) is 53.3 Å². The van der Waals surface area contributed by atoms with E-state index < -0.39 is 0 Å². The molecule has 0 radical (unpaired) electrons. The summed E-state index contributed by atoms with van der Waals surface area (Å²) in [6, 6.07) is 29.0. The minimum absolute atomic E-state index is 0.389. The van der Waals surface area contributed by atoms with Crippen molar-refractivity contribution in [3.05, 3.63) is 96.1 Å². The largest absolute Gasteiger partial charge is 0.465 e. The van der Waals surface area contributed by atoms with Gasteiger partial charge in [-0.1, -0.05) is 60.7 Å². The molecule has 3 aromatic rings. The van der Waals surface area contributed by atoms with Gasteiger partial charge >= 0.3 is 5.97 Å². The van der Waals surface area contributed by atoms with Gasteiger partial charge in [0, 0.05) is 0 Å². The van der Waals surface area contributed by atoms with Crippen molar-refractivity contribution in [2.24, 2.45) is 0 Å².